The predicted octanol–water partition coefficient (Wildman–Crippen LogP) is 4.69. The van der Waals surface area contributed by atoms with Gasteiger partial charge in [0.1, 0.15) is 17.2 Å². The Kier molecular flexibility index (Phi) is 3.19. The van der Waals surface area contributed by atoms with Crippen molar-refractivity contribution in [1.82, 2.24) is 15.0 Å². The Labute approximate surface area is 159 Å². The molecule has 6 heteroatoms. The summed E-state index contributed by atoms with van der Waals surface area (Å²) in [6, 6.07) is 18.0. The lowest BCUT2D eigenvalue weighted by Gasteiger charge is -2.00. The summed E-state index contributed by atoms with van der Waals surface area (Å²) in [7, 11) is 0. The van der Waals surface area contributed by atoms with Gasteiger partial charge in [0.25, 0.3) is 0 Å². The van der Waals surface area contributed by atoms with Crippen molar-refractivity contribution in [2.75, 3.05) is 6.79 Å². The molecule has 0 fully saturated rings. The molecule has 136 valence electrons. The van der Waals surface area contributed by atoms with Gasteiger partial charge in [-0.1, -0.05) is 24.3 Å². The van der Waals surface area contributed by atoms with Gasteiger partial charge in [0.05, 0.1) is 5.52 Å². The van der Waals surface area contributed by atoms with Crippen LogP contribution in [-0.4, -0.2) is 21.7 Å². The molecule has 0 saturated carbocycles. The van der Waals surface area contributed by atoms with Crippen LogP contribution in [-0.2, 0) is 6.42 Å². The molecule has 0 unspecified atom stereocenters. The molecular formula is C22H15N3O3. The van der Waals surface area contributed by atoms with E-state index in [-0.39, 0.29) is 6.79 Å². The molecule has 0 saturated heterocycles. The van der Waals surface area contributed by atoms with Crippen LogP contribution >= 0.6 is 0 Å². The number of ether oxygens (including phenoxy) is 2. The van der Waals surface area contributed by atoms with Gasteiger partial charge in [-0.3, -0.25) is 0 Å². The molecule has 0 atom stereocenters. The zero-order chi connectivity index (χ0) is 18.5. The lowest BCUT2D eigenvalue weighted by molar-refractivity contribution is 0.174. The molecule has 0 bridgehead atoms. The van der Waals surface area contributed by atoms with Crippen LogP contribution in [0.5, 0.6) is 11.5 Å². The first kappa shape index (κ1) is 15.3. The highest BCUT2D eigenvalue weighted by Crippen LogP contribution is 2.33. The molecule has 4 heterocycles. The van der Waals surface area contributed by atoms with Gasteiger partial charge in [-0.2, -0.15) is 0 Å². The van der Waals surface area contributed by atoms with Crippen molar-refractivity contribution in [3.05, 3.63) is 72.2 Å². The van der Waals surface area contributed by atoms with Gasteiger partial charge in [-0.15, -0.1) is 0 Å². The van der Waals surface area contributed by atoms with Crippen molar-refractivity contribution in [2.24, 2.45) is 0 Å². The highest BCUT2D eigenvalue weighted by Gasteiger charge is 2.15. The molecule has 3 aromatic heterocycles. The first-order valence-corrected chi connectivity index (χ1v) is 9.04. The summed E-state index contributed by atoms with van der Waals surface area (Å²) >= 11 is 0. The average molecular weight is 369 g/mol. The molecule has 6 rings (SSSR count). The number of hydrogen-bond acceptors (Lipinski definition) is 5. The van der Waals surface area contributed by atoms with E-state index in [1.54, 1.807) is 6.20 Å². The van der Waals surface area contributed by atoms with E-state index in [0.29, 0.717) is 12.1 Å². The van der Waals surface area contributed by atoms with E-state index < -0.39 is 0 Å². The molecule has 0 aliphatic carbocycles. The second-order valence-electron chi connectivity index (χ2n) is 6.79. The smallest absolute Gasteiger partial charge is 0.231 e. The maximum atomic E-state index is 5.95. The van der Waals surface area contributed by atoms with Crippen LogP contribution in [0.2, 0.25) is 0 Å². The van der Waals surface area contributed by atoms with Crippen molar-refractivity contribution in [2.45, 2.75) is 6.42 Å². The van der Waals surface area contributed by atoms with Gasteiger partial charge in [0, 0.05) is 23.6 Å². The van der Waals surface area contributed by atoms with Gasteiger partial charge in [-0.25, -0.2) is 9.97 Å². The van der Waals surface area contributed by atoms with Gasteiger partial charge in [0.2, 0.25) is 6.79 Å². The Morgan fingerprint density at radius 1 is 0.964 bits per heavy atom. The molecular weight excluding hydrogens is 354 g/mol. The number of rotatable bonds is 3. The number of aromatic nitrogens is 3. The van der Waals surface area contributed by atoms with Crippen LogP contribution in [0.15, 0.2) is 65.2 Å². The van der Waals surface area contributed by atoms with Crippen LogP contribution in [0.3, 0.4) is 0 Å². The summed E-state index contributed by atoms with van der Waals surface area (Å²) in [4.78, 5) is 12.5. The van der Waals surface area contributed by atoms with Gasteiger partial charge in [0.15, 0.2) is 17.1 Å². The summed E-state index contributed by atoms with van der Waals surface area (Å²) in [5.74, 6) is 3.20. The summed E-state index contributed by atoms with van der Waals surface area (Å²) in [6.45, 7) is 0.276. The van der Waals surface area contributed by atoms with Crippen LogP contribution < -0.4 is 9.47 Å². The second-order valence-corrected chi connectivity index (χ2v) is 6.79. The van der Waals surface area contributed by atoms with Crippen molar-refractivity contribution in [1.29, 1.82) is 0 Å². The van der Waals surface area contributed by atoms with E-state index in [1.165, 1.54) is 0 Å². The third-order valence-electron chi connectivity index (χ3n) is 4.91. The predicted molar refractivity (Wildman–Crippen MR) is 104 cm³/mol. The molecule has 1 aliphatic rings. The minimum atomic E-state index is 0.276. The lowest BCUT2D eigenvalue weighted by atomic mass is 10.1. The molecule has 2 aromatic carbocycles. The molecule has 0 radical (unpaired) electrons. The topological polar surface area (TPSA) is 73.2 Å². The number of benzene rings is 2. The van der Waals surface area contributed by atoms with Crippen LogP contribution in [0.25, 0.3) is 33.5 Å². The fourth-order valence-electron chi connectivity index (χ4n) is 3.54. The Morgan fingerprint density at radius 3 is 2.86 bits per heavy atom. The maximum absolute atomic E-state index is 5.95. The zero-order valence-electron chi connectivity index (χ0n) is 14.8. The Morgan fingerprint density at radius 2 is 1.89 bits per heavy atom. The fourth-order valence-corrected chi connectivity index (χ4v) is 3.54. The third-order valence-corrected chi connectivity index (χ3v) is 4.91. The van der Waals surface area contributed by atoms with Crippen LogP contribution in [0.1, 0.15) is 11.4 Å². The number of hydrogen-bond donors (Lipinski definition) is 1. The molecule has 5 aromatic rings. The van der Waals surface area contributed by atoms with Gasteiger partial charge in [-0.05, 0) is 35.9 Å². The minimum absolute atomic E-state index is 0.276. The number of nitrogens with one attached hydrogen (secondary N) is 1. The number of nitrogens with zero attached hydrogens (tertiary/aromatic N) is 2. The highest BCUT2D eigenvalue weighted by atomic mass is 16.7. The quantitative estimate of drug-likeness (QED) is 0.499. The normalized spacial score (nSPS) is 12.9. The Balaban J connectivity index is 1.34. The Bertz CT molecular complexity index is 1300. The Hall–Kier alpha value is -3.80. The second kappa shape index (κ2) is 5.85. The molecule has 1 N–H and O–H groups in total. The van der Waals surface area contributed by atoms with E-state index in [9.17, 15) is 0 Å². The molecule has 6 nitrogen and oxygen atoms in total. The fraction of sp³-hybridized carbons (Fsp3) is 0.0909. The van der Waals surface area contributed by atoms with Gasteiger partial charge < -0.3 is 18.9 Å². The third kappa shape index (κ3) is 2.50. The lowest BCUT2D eigenvalue weighted by Crippen LogP contribution is -1.93. The number of fused-ring (bicyclic) bond motifs is 3. The van der Waals surface area contributed by atoms with E-state index in [4.69, 9.17) is 13.9 Å². The minimum Gasteiger partial charge on any atom is -0.456 e. The number of para-hydroxylation sites is 1. The SMILES string of the molecule is c1ccc2oc(-c3cnc4nc(Cc5ccc6c(c5)OCO6)[nH]c4c3)cc2c1. The summed E-state index contributed by atoms with van der Waals surface area (Å²) in [5, 5.41) is 1.07. The van der Waals surface area contributed by atoms with Crippen LogP contribution in [0, 0.1) is 0 Å². The number of H-pyrrole nitrogens is 1. The van der Waals surface area contributed by atoms with E-state index in [2.05, 4.69) is 15.0 Å². The largest absolute Gasteiger partial charge is 0.456 e. The molecule has 0 amide bonds. The average Bonchev–Trinajstić information content (AvgIpc) is 3.44. The monoisotopic (exact) mass is 369 g/mol. The maximum Gasteiger partial charge on any atom is 0.231 e. The molecule has 1 aliphatic heterocycles. The number of furan rings is 1. The van der Waals surface area contributed by atoms with Crippen molar-refractivity contribution < 1.29 is 13.9 Å². The van der Waals surface area contributed by atoms with Crippen molar-refractivity contribution >= 4 is 22.1 Å². The van der Waals surface area contributed by atoms with Gasteiger partial charge >= 0.3 is 0 Å². The van der Waals surface area contributed by atoms with E-state index in [1.807, 2.05) is 54.6 Å². The number of imidazole rings is 1. The first-order chi connectivity index (χ1) is 13.8. The molecule has 0 spiro atoms. The van der Waals surface area contributed by atoms with Crippen molar-refractivity contribution in [3.8, 4) is 22.8 Å². The summed E-state index contributed by atoms with van der Waals surface area (Å²) in [5.41, 5.74) is 4.46. The number of pyridine rings is 1. The van der Waals surface area contributed by atoms with E-state index >= 15 is 0 Å². The summed E-state index contributed by atoms with van der Waals surface area (Å²) < 4.78 is 16.8. The van der Waals surface area contributed by atoms with Crippen molar-refractivity contribution in [3.63, 3.8) is 0 Å². The molecule has 28 heavy (non-hydrogen) atoms. The van der Waals surface area contributed by atoms with E-state index in [0.717, 1.165) is 50.7 Å². The summed E-state index contributed by atoms with van der Waals surface area (Å²) in [6.07, 6.45) is 2.46. The van der Waals surface area contributed by atoms with Crippen LogP contribution in [0.4, 0.5) is 0 Å². The first-order valence-electron chi connectivity index (χ1n) is 9.04. The number of aromatic amines is 1. The highest BCUT2D eigenvalue weighted by molar-refractivity contribution is 5.84. The standard InChI is InChI=1S/C22H15N3O3/c1-2-4-17-14(3-1)10-19(28-17)15-9-16-22(23-11-15)25-21(24-16)8-13-5-6-18-20(7-13)27-12-26-18/h1-7,9-11H,8,12H2,(H,23,24,25). The zero-order valence-corrected chi connectivity index (χ0v) is 14.8.